The van der Waals surface area contributed by atoms with Crippen molar-refractivity contribution < 1.29 is 40.6 Å². The highest BCUT2D eigenvalue weighted by Gasteiger charge is 2.44. The Labute approximate surface area is 207 Å². The summed E-state index contributed by atoms with van der Waals surface area (Å²) in [5.41, 5.74) is 3.33. The van der Waals surface area contributed by atoms with E-state index in [-0.39, 0.29) is 7.43 Å². The molecule has 1 aromatic heterocycles. The minimum atomic E-state index is -4.88. The second kappa shape index (κ2) is 10.7. The van der Waals surface area contributed by atoms with Crippen LogP contribution in [0, 0.1) is 0 Å². The number of halogens is 7. The Balaban J connectivity index is 0.00000361. The van der Waals surface area contributed by atoms with Gasteiger partial charge >= 0.3 is 18.7 Å². The summed E-state index contributed by atoms with van der Waals surface area (Å²) in [5, 5.41) is 13.7. The highest BCUT2D eigenvalue weighted by Crippen LogP contribution is 2.44. The molecule has 2 unspecified atom stereocenters. The van der Waals surface area contributed by atoms with Crippen molar-refractivity contribution in [1.82, 2.24) is 0 Å². The number of thiophene rings is 1. The molecule has 36 heavy (non-hydrogen) atoms. The van der Waals surface area contributed by atoms with Crippen molar-refractivity contribution in [1.29, 1.82) is 0 Å². The monoisotopic (exact) mass is 535 g/mol. The average Bonchev–Trinajstić information content (AvgIpc) is 3.33. The summed E-state index contributed by atoms with van der Waals surface area (Å²) in [6.45, 7) is -0.799. The number of benzene rings is 2. The van der Waals surface area contributed by atoms with Crippen molar-refractivity contribution in [2.75, 3.05) is 11.4 Å². The van der Waals surface area contributed by atoms with E-state index in [1.54, 1.807) is 12.1 Å². The van der Waals surface area contributed by atoms with Gasteiger partial charge in [-0.15, -0.1) is 0 Å². The van der Waals surface area contributed by atoms with Gasteiger partial charge in [0.2, 0.25) is 0 Å². The van der Waals surface area contributed by atoms with Gasteiger partial charge < -0.3 is 14.7 Å². The molecule has 0 aliphatic carbocycles. The van der Waals surface area contributed by atoms with Crippen LogP contribution in [0.25, 0.3) is 11.1 Å². The Morgan fingerprint density at radius 3 is 2.42 bits per heavy atom. The molecule has 2 aromatic carbocycles. The molecule has 0 saturated carbocycles. The molecular weight excluding hydrogens is 511 g/mol. The third-order valence-electron chi connectivity index (χ3n) is 5.84. The number of anilines is 1. The average molecular weight is 536 g/mol. The van der Waals surface area contributed by atoms with Gasteiger partial charge in [0.25, 0.3) is 0 Å². The van der Waals surface area contributed by atoms with Gasteiger partial charge in [-0.05, 0) is 70.1 Å². The first kappa shape index (κ1) is 27.8. The van der Waals surface area contributed by atoms with E-state index in [2.05, 4.69) is 4.74 Å². The van der Waals surface area contributed by atoms with E-state index in [0.717, 1.165) is 28.8 Å². The maximum atomic E-state index is 13.4. The number of aliphatic hydroxyl groups excluding tert-OH is 1. The zero-order valence-electron chi connectivity index (χ0n) is 18.0. The SMILES string of the molecule is C.OC(CN1c2cccc(-c3ccsc3)c2CCC1c1cccc(OC(F)(F)C(F)F)c1)C(F)(F)F. The van der Waals surface area contributed by atoms with Gasteiger partial charge in [0.15, 0.2) is 6.10 Å². The van der Waals surface area contributed by atoms with E-state index in [4.69, 9.17) is 0 Å². The Kier molecular flexibility index (Phi) is 8.24. The Bertz CT molecular complexity index is 1150. The molecule has 0 saturated heterocycles. The molecule has 4 rings (SSSR count). The largest absolute Gasteiger partial charge is 0.461 e. The van der Waals surface area contributed by atoms with Gasteiger partial charge in [0, 0.05) is 5.69 Å². The fraction of sp³-hybridized carbons (Fsp3) is 0.360. The molecule has 3 nitrogen and oxygen atoms in total. The third kappa shape index (κ3) is 5.78. The molecule has 2 atom stereocenters. The summed E-state index contributed by atoms with van der Waals surface area (Å²) in [4.78, 5) is 1.39. The molecule has 0 radical (unpaired) electrons. The smallest absolute Gasteiger partial charge is 0.428 e. The fourth-order valence-electron chi connectivity index (χ4n) is 4.25. The van der Waals surface area contributed by atoms with Crippen LogP contribution >= 0.6 is 11.3 Å². The predicted octanol–water partition coefficient (Wildman–Crippen LogP) is 7.71. The molecule has 0 bridgehead atoms. The Morgan fingerprint density at radius 1 is 1.06 bits per heavy atom. The first-order valence-corrected chi connectivity index (χ1v) is 11.5. The molecule has 196 valence electrons. The van der Waals surface area contributed by atoms with Gasteiger partial charge in [0.05, 0.1) is 12.6 Å². The Morgan fingerprint density at radius 2 is 1.78 bits per heavy atom. The maximum absolute atomic E-state index is 13.4. The lowest BCUT2D eigenvalue weighted by Gasteiger charge is -2.41. The van der Waals surface area contributed by atoms with Crippen LogP contribution in [0.1, 0.15) is 31.0 Å². The highest BCUT2D eigenvalue weighted by atomic mass is 32.1. The number of aliphatic hydroxyl groups is 1. The minimum Gasteiger partial charge on any atom is -0.428 e. The van der Waals surface area contributed by atoms with Gasteiger partial charge in [-0.2, -0.15) is 42.1 Å². The lowest BCUT2D eigenvalue weighted by atomic mass is 9.87. The molecule has 1 aliphatic heterocycles. The minimum absolute atomic E-state index is 0. The second-order valence-electron chi connectivity index (χ2n) is 8.12. The van der Waals surface area contributed by atoms with Crippen molar-refractivity contribution in [3.8, 4) is 16.9 Å². The van der Waals surface area contributed by atoms with Crippen LogP contribution in [0.3, 0.4) is 0 Å². The van der Waals surface area contributed by atoms with Crippen LogP contribution in [0.2, 0.25) is 0 Å². The standard InChI is InChI=1S/C24H20F7NO2S.CH4/c25-22(26)24(30,31)34-16-4-1-3-14(11-16)19-8-7-18-17(15-9-10-35-13-15)5-2-6-20(18)32(19)12-21(33)23(27,28)29;/h1-6,9-11,13,19,21-22,33H,7-8,12H2;1H4. The number of nitrogens with zero attached hydrogens (tertiary/aromatic N) is 1. The molecule has 2 heterocycles. The molecule has 3 aromatic rings. The summed E-state index contributed by atoms with van der Waals surface area (Å²) in [7, 11) is 0. The number of hydrogen-bond donors (Lipinski definition) is 1. The number of rotatable bonds is 7. The fourth-order valence-corrected chi connectivity index (χ4v) is 4.90. The van der Waals surface area contributed by atoms with Crippen LogP contribution in [0.5, 0.6) is 5.75 Å². The molecule has 1 aliphatic rings. The number of alkyl halides is 7. The normalized spacial score (nSPS) is 16.9. The maximum Gasteiger partial charge on any atom is 0.461 e. The Hall–Kier alpha value is -2.79. The number of hydrogen-bond acceptors (Lipinski definition) is 4. The van der Waals surface area contributed by atoms with E-state index in [1.807, 2.05) is 22.9 Å². The lowest BCUT2D eigenvalue weighted by molar-refractivity contribution is -0.253. The summed E-state index contributed by atoms with van der Waals surface area (Å²) in [5.74, 6) is -0.540. The molecule has 11 heteroatoms. The van der Waals surface area contributed by atoms with E-state index < -0.39 is 43.2 Å². The number of fused-ring (bicyclic) bond motifs is 1. The van der Waals surface area contributed by atoms with Crippen LogP contribution in [-0.2, 0) is 6.42 Å². The quantitative estimate of drug-likeness (QED) is 0.315. The van der Waals surface area contributed by atoms with Crippen molar-refractivity contribution in [3.63, 3.8) is 0 Å². The zero-order valence-corrected chi connectivity index (χ0v) is 18.8. The first-order valence-electron chi connectivity index (χ1n) is 10.6. The van der Waals surface area contributed by atoms with Crippen molar-refractivity contribution in [2.45, 2.75) is 51.1 Å². The predicted molar refractivity (Wildman–Crippen MR) is 125 cm³/mol. The summed E-state index contributed by atoms with van der Waals surface area (Å²) < 4.78 is 96.0. The molecule has 0 fully saturated rings. The van der Waals surface area contributed by atoms with Crippen molar-refractivity contribution in [2.24, 2.45) is 0 Å². The summed E-state index contributed by atoms with van der Waals surface area (Å²) in [6.07, 6.45) is -15.6. The van der Waals surface area contributed by atoms with Crippen LogP contribution in [0.4, 0.5) is 36.4 Å². The van der Waals surface area contributed by atoms with E-state index >= 15 is 0 Å². The van der Waals surface area contributed by atoms with Crippen molar-refractivity contribution >= 4 is 17.0 Å². The second-order valence-corrected chi connectivity index (χ2v) is 8.90. The van der Waals surface area contributed by atoms with Crippen LogP contribution < -0.4 is 9.64 Å². The van der Waals surface area contributed by atoms with Gasteiger partial charge in [-0.1, -0.05) is 31.7 Å². The third-order valence-corrected chi connectivity index (χ3v) is 6.52. The van der Waals surface area contributed by atoms with E-state index in [9.17, 15) is 35.8 Å². The van der Waals surface area contributed by atoms with Crippen LogP contribution in [-0.4, -0.2) is 36.5 Å². The van der Waals surface area contributed by atoms with Gasteiger partial charge in [-0.3, -0.25) is 0 Å². The highest BCUT2D eigenvalue weighted by molar-refractivity contribution is 7.08. The lowest BCUT2D eigenvalue weighted by Crippen LogP contribution is -2.44. The van der Waals surface area contributed by atoms with E-state index in [1.165, 1.54) is 28.4 Å². The molecule has 1 N–H and O–H groups in total. The molecular formula is C25H24F7NO2S. The van der Waals surface area contributed by atoms with Crippen molar-refractivity contribution in [3.05, 3.63) is 70.4 Å². The number of β-amino-alcohol motifs (C(OH)–C–C–N with tert-alkyl or cyclic N) is 1. The summed E-state index contributed by atoms with van der Waals surface area (Å²) >= 11 is 1.47. The molecule has 0 spiro atoms. The molecule has 0 amide bonds. The first-order chi connectivity index (χ1) is 16.5. The zero-order chi connectivity index (χ0) is 25.4. The summed E-state index contributed by atoms with van der Waals surface area (Å²) in [6, 6.07) is 11.3. The van der Waals surface area contributed by atoms with Crippen LogP contribution in [0.15, 0.2) is 59.3 Å². The topological polar surface area (TPSA) is 32.7 Å². The van der Waals surface area contributed by atoms with Gasteiger partial charge in [-0.25, -0.2) is 0 Å². The van der Waals surface area contributed by atoms with Gasteiger partial charge in [0.1, 0.15) is 5.75 Å². The number of ether oxygens (including phenoxy) is 1. The van der Waals surface area contributed by atoms with E-state index in [0.29, 0.717) is 24.1 Å².